The molecule has 0 amide bonds. The first-order valence-electron chi connectivity index (χ1n) is 5.58. The highest BCUT2D eigenvalue weighted by molar-refractivity contribution is 7.09. The minimum atomic E-state index is 0.178. The van der Waals surface area contributed by atoms with Crippen LogP contribution in [0.3, 0.4) is 0 Å². The number of hydrogen-bond acceptors (Lipinski definition) is 5. The molecule has 0 saturated heterocycles. The van der Waals surface area contributed by atoms with Gasteiger partial charge in [-0.05, 0) is 13.3 Å². The molecule has 92 valence electrons. The zero-order valence-corrected chi connectivity index (χ0v) is 10.8. The molecule has 16 heavy (non-hydrogen) atoms. The number of aryl methyl sites for hydroxylation is 1. The van der Waals surface area contributed by atoms with E-state index in [2.05, 4.69) is 15.7 Å². The monoisotopic (exact) mass is 243 g/mol. The first-order valence-corrected chi connectivity index (χ1v) is 6.46. The second kappa shape index (κ2) is 7.73. The van der Waals surface area contributed by atoms with Gasteiger partial charge in [-0.15, -0.1) is 11.3 Å². The van der Waals surface area contributed by atoms with Crippen LogP contribution in [0.15, 0.2) is 5.38 Å². The number of methoxy groups -OCH3 is 1. The van der Waals surface area contributed by atoms with Gasteiger partial charge < -0.3 is 15.8 Å². The summed E-state index contributed by atoms with van der Waals surface area (Å²) >= 11 is 1.70. The Balaban J connectivity index is 2.03. The van der Waals surface area contributed by atoms with E-state index >= 15 is 0 Å². The van der Waals surface area contributed by atoms with Crippen molar-refractivity contribution >= 4 is 11.3 Å². The van der Waals surface area contributed by atoms with Crippen molar-refractivity contribution in [2.24, 2.45) is 5.73 Å². The topological polar surface area (TPSA) is 60.2 Å². The highest BCUT2D eigenvalue weighted by Crippen LogP contribution is 2.07. The fourth-order valence-corrected chi connectivity index (χ4v) is 2.05. The number of hydrogen-bond donors (Lipinski definition) is 2. The molecule has 1 atom stereocenters. The van der Waals surface area contributed by atoms with E-state index in [1.165, 1.54) is 5.69 Å². The quantitative estimate of drug-likeness (QED) is 0.667. The van der Waals surface area contributed by atoms with Crippen molar-refractivity contribution in [1.29, 1.82) is 0 Å². The molecular weight excluding hydrogens is 222 g/mol. The van der Waals surface area contributed by atoms with Gasteiger partial charge in [-0.3, -0.25) is 0 Å². The van der Waals surface area contributed by atoms with Crippen molar-refractivity contribution in [3.05, 3.63) is 16.1 Å². The lowest BCUT2D eigenvalue weighted by Crippen LogP contribution is -2.35. The van der Waals surface area contributed by atoms with Gasteiger partial charge in [-0.25, -0.2) is 4.98 Å². The smallest absolute Gasteiger partial charge is 0.0897 e. The standard InChI is InChI=1S/C11H21N3OS/c1-9-14-11(8-16-9)3-5-13-7-10(12)4-6-15-2/h8,10,13H,3-7,12H2,1-2H3. The van der Waals surface area contributed by atoms with Crippen molar-refractivity contribution in [3.8, 4) is 0 Å². The summed E-state index contributed by atoms with van der Waals surface area (Å²) in [5, 5.41) is 6.58. The van der Waals surface area contributed by atoms with Crippen LogP contribution >= 0.6 is 11.3 Å². The molecule has 1 rings (SSSR count). The summed E-state index contributed by atoms with van der Waals surface area (Å²) in [5.41, 5.74) is 7.05. The van der Waals surface area contributed by atoms with E-state index < -0.39 is 0 Å². The highest BCUT2D eigenvalue weighted by atomic mass is 32.1. The van der Waals surface area contributed by atoms with E-state index in [1.54, 1.807) is 18.4 Å². The van der Waals surface area contributed by atoms with E-state index in [0.717, 1.165) is 37.5 Å². The van der Waals surface area contributed by atoms with Crippen molar-refractivity contribution in [3.63, 3.8) is 0 Å². The van der Waals surface area contributed by atoms with Crippen LogP contribution in [0.25, 0.3) is 0 Å². The third-order valence-electron chi connectivity index (χ3n) is 2.32. The molecule has 0 radical (unpaired) electrons. The molecule has 0 bridgehead atoms. The molecule has 0 fully saturated rings. The Morgan fingerprint density at radius 2 is 2.44 bits per heavy atom. The number of nitrogens with zero attached hydrogens (tertiary/aromatic N) is 1. The maximum Gasteiger partial charge on any atom is 0.0897 e. The minimum Gasteiger partial charge on any atom is -0.385 e. The molecule has 1 unspecified atom stereocenters. The fraction of sp³-hybridized carbons (Fsp3) is 0.727. The predicted octanol–water partition coefficient (Wildman–Crippen LogP) is 0.947. The molecule has 1 aromatic heterocycles. The van der Waals surface area contributed by atoms with Gasteiger partial charge in [0, 0.05) is 44.6 Å². The molecule has 3 N–H and O–H groups in total. The van der Waals surface area contributed by atoms with Crippen LogP contribution < -0.4 is 11.1 Å². The highest BCUT2D eigenvalue weighted by Gasteiger charge is 2.02. The van der Waals surface area contributed by atoms with Gasteiger partial charge in [-0.2, -0.15) is 0 Å². The van der Waals surface area contributed by atoms with Crippen LogP contribution in [-0.2, 0) is 11.2 Å². The summed E-state index contributed by atoms with van der Waals surface area (Å²) in [7, 11) is 1.70. The molecule has 0 aliphatic carbocycles. The Hall–Kier alpha value is -0.490. The molecule has 1 heterocycles. The molecule has 1 aromatic rings. The van der Waals surface area contributed by atoms with Crippen LogP contribution in [0, 0.1) is 6.92 Å². The van der Waals surface area contributed by atoms with Gasteiger partial charge >= 0.3 is 0 Å². The third-order valence-corrected chi connectivity index (χ3v) is 3.15. The number of nitrogens with one attached hydrogen (secondary N) is 1. The average Bonchev–Trinajstić information content (AvgIpc) is 2.67. The second-order valence-corrected chi connectivity index (χ2v) is 4.92. The zero-order valence-electron chi connectivity index (χ0n) is 10.0. The minimum absolute atomic E-state index is 0.178. The number of aromatic nitrogens is 1. The lowest BCUT2D eigenvalue weighted by molar-refractivity contribution is 0.187. The Labute approximate surface area is 101 Å². The number of thiazole rings is 1. The van der Waals surface area contributed by atoms with E-state index in [9.17, 15) is 0 Å². The van der Waals surface area contributed by atoms with Gasteiger partial charge in [0.2, 0.25) is 0 Å². The van der Waals surface area contributed by atoms with Crippen molar-refractivity contribution in [1.82, 2.24) is 10.3 Å². The maximum atomic E-state index is 5.89. The summed E-state index contributed by atoms with van der Waals surface area (Å²) in [4.78, 5) is 4.40. The summed E-state index contributed by atoms with van der Waals surface area (Å²) in [6, 6.07) is 0.178. The van der Waals surface area contributed by atoms with Crippen LogP contribution in [0.1, 0.15) is 17.1 Å². The predicted molar refractivity (Wildman–Crippen MR) is 67.9 cm³/mol. The van der Waals surface area contributed by atoms with Crippen LogP contribution in [0.2, 0.25) is 0 Å². The van der Waals surface area contributed by atoms with E-state index in [1.807, 2.05) is 6.92 Å². The SMILES string of the molecule is COCCC(N)CNCCc1csc(C)n1. The normalized spacial score (nSPS) is 12.9. The van der Waals surface area contributed by atoms with E-state index in [4.69, 9.17) is 10.5 Å². The molecule has 5 heteroatoms. The van der Waals surface area contributed by atoms with E-state index in [0.29, 0.717) is 0 Å². The Bertz CT molecular complexity index is 291. The zero-order chi connectivity index (χ0) is 11.8. The summed E-state index contributed by atoms with van der Waals surface area (Å²) in [6.07, 6.45) is 1.88. The van der Waals surface area contributed by atoms with Gasteiger partial charge in [0.15, 0.2) is 0 Å². The molecule has 0 aromatic carbocycles. The largest absolute Gasteiger partial charge is 0.385 e. The van der Waals surface area contributed by atoms with Gasteiger partial charge in [0.25, 0.3) is 0 Å². The Morgan fingerprint density at radius 1 is 1.62 bits per heavy atom. The number of rotatable bonds is 8. The lowest BCUT2D eigenvalue weighted by atomic mass is 10.2. The molecule has 0 spiro atoms. The van der Waals surface area contributed by atoms with Gasteiger partial charge in [0.1, 0.15) is 0 Å². The molecule has 0 saturated carbocycles. The maximum absolute atomic E-state index is 5.89. The average molecular weight is 243 g/mol. The first kappa shape index (κ1) is 13.6. The fourth-order valence-electron chi connectivity index (χ4n) is 1.40. The van der Waals surface area contributed by atoms with Crippen molar-refractivity contribution in [2.75, 3.05) is 26.8 Å². The molecule has 4 nitrogen and oxygen atoms in total. The number of nitrogens with two attached hydrogens (primary N) is 1. The van der Waals surface area contributed by atoms with Gasteiger partial charge in [0.05, 0.1) is 10.7 Å². The molecule has 0 aliphatic heterocycles. The summed E-state index contributed by atoms with van der Waals surface area (Å²) in [6.45, 7) is 4.53. The van der Waals surface area contributed by atoms with Crippen molar-refractivity contribution < 1.29 is 4.74 Å². The van der Waals surface area contributed by atoms with Crippen molar-refractivity contribution in [2.45, 2.75) is 25.8 Å². The Morgan fingerprint density at radius 3 is 3.06 bits per heavy atom. The van der Waals surface area contributed by atoms with Gasteiger partial charge in [-0.1, -0.05) is 0 Å². The molecule has 0 aliphatic rings. The van der Waals surface area contributed by atoms with Crippen LogP contribution in [0.5, 0.6) is 0 Å². The summed E-state index contributed by atoms with van der Waals surface area (Å²) < 4.78 is 4.97. The first-order chi connectivity index (χ1) is 7.72. The molecular formula is C11H21N3OS. The van der Waals surface area contributed by atoms with Crippen LogP contribution in [-0.4, -0.2) is 37.8 Å². The second-order valence-electron chi connectivity index (χ2n) is 3.85. The third kappa shape index (κ3) is 5.55. The lowest BCUT2D eigenvalue weighted by Gasteiger charge is -2.11. The number of ether oxygens (including phenoxy) is 1. The Kier molecular flexibility index (Phi) is 6.56. The van der Waals surface area contributed by atoms with E-state index in [-0.39, 0.29) is 6.04 Å². The van der Waals surface area contributed by atoms with Crippen LogP contribution in [0.4, 0.5) is 0 Å². The summed E-state index contributed by atoms with van der Waals surface area (Å²) in [5.74, 6) is 0.